The second-order valence-corrected chi connectivity index (χ2v) is 3.84. The lowest BCUT2D eigenvalue weighted by atomic mass is 10.2. The molecule has 0 bridgehead atoms. The second kappa shape index (κ2) is 4.52. The first-order chi connectivity index (χ1) is 8.56. The maximum absolute atomic E-state index is 11.8. The van der Waals surface area contributed by atoms with E-state index in [4.69, 9.17) is 9.15 Å². The van der Waals surface area contributed by atoms with E-state index in [1.807, 2.05) is 0 Å². The highest BCUT2D eigenvalue weighted by Crippen LogP contribution is 2.23. The molecule has 0 amide bonds. The van der Waals surface area contributed by atoms with Crippen LogP contribution in [-0.2, 0) is 0 Å². The van der Waals surface area contributed by atoms with Crippen molar-refractivity contribution in [2.45, 2.75) is 13.8 Å². The molecule has 0 radical (unpaired) electrons. The molecule has 1 aromatic carbocycles. The highest BCUT2D eigenvalue weighted by Gasteiger charge is 2.20. The van der Waals surface area contributed by atoms with Crippen LogP contribution in [0, 0.1) is 6.92 Å². The molecule has 0 atom stereocenters. The fourth-order valence-corrected chi connectivity index (χ4v) is 1.91. The van der Waals surface area contributed by atoms with E-state index in [0.29, 0.717) is 17.2 Å². The highest BCUT2D eigenvalue weighted by atomic mass is 16.5. The summed E-state index contributed by atoms with van der Waals surface area (Å²) in [4.78, 5) is 23.4. The molecule has 0 saturated heterocycles. The third kappa shape index (κ3) is 1.84. The molecule has 2 rings (SSSR count). The van der Waals surface area contributed by atoms with Gasteiger partial charge < -0.3 is 9.15 Å². The Hall–Kier alpha value is -2.30. The van der Waals surface area contributed by atoms with E-state index in [-0.39, 0.29) is 11.5 Å². The van der Waals surface area contributed by atoms with Crippen molar-refractivity contribution in [1.29, 1.82) is 0 Å². The standard InChI is InChI=1S/C13H13NO4/c1-8(15)12-9(2)18-13(16)14(12)10-6-4-5-7-11(10)17-3/h4-7H,1-3H3. The zero-order valence-corrected chi connectivity index (χ0v) is 10.4. The maximum Gasteiger partial charge on any atom is 0.424 e. The van der Waals surface area contributed by atoms with Crippen LogP contribution in [0.1, 0.15) is 23.2 Å². The van der Waals surface area contributed by atoms with Crippen molar-refractivity contribution in [2.24, 2.45) is 0 Å². The number of Topliss-reactive ketones (excluding diaryl/α,β-unsaturated/α-hetero) is 1. The molecule has 5 heteroatoms. The van der Waals surface area contributed by atoms with Crippen LogP contribution in [0.4, 0.5) is 0 Å². The third-order valence-electron chi connectivity index (χ3n) is 2.64. The van der Waals surface area contributed by atoms with Crippen LogP contribution in [0.3, 0.4) is 0 Å². The highest BCUT2D eigenvalue weighted by molar-refractivity contribution is 5.94. The van der Waals surface area contributed by atoms with Crippen LogP contribution >= 0.6 is 0 Å². The normalized spacial score (nSPS) is 10.4. The van der Waals surface area contributed by atoms with E-state index in [0.717, 1.165) is 0 Å². The van der Waals surface area contributed by atoms with Gasteiger partial charge in [-0.25, -0.2) is 9.36 Å². The quantitative estimate of drug-likeness (QED) is 0.778. The molecule has 2 aromatic rings. The minimum absolute atomic E-state index is 0.232. The van der Waals surface area contributed by atoms with Crippen LogP contribution in [0.5, 0.6) is 5.75 Å². The van der Waals surface area contributed by atoms with Crippen molar-refractivity contribution in [1.82, 2.24) is 4.57 Å². The van der Waals surface area contributed by atoms with E-state index in [9.17, 15) is 9.59 Å². The molecule has 94 valence electrons. The van der Waals surface area contributed by atoms with Gasteiger partial charge in [0, 0.05) is 6.92 Å². The molecule has 1 aromatic heterocycles. The van der Waals surface area contributed by atoms with Gasteiger partial charge in [-0.05, 0) is 19.1 Å². The minimum atomic E-state index is -0.595. The Labute approximate surface area is 104 Å². The lowest BCUT2D eigenvalue weighted by Crippen LogP contribution is -2.17. The molecule has 0 fully saturated rings. The van der Waals surface area contributed by atoms with Gasteiger partial charge in [-0.1, -0.05) is 12.1 Å². The summed E-state index contributed by atoms with van der Waals surface area (Å²) < 4.78 is 11.4. The van der Waals surface area contributed by atoms with E-state index >= 15 is 0 Å². The van der Waals surface area contributed by atoms with Crippen LogP contribution < -0.4 is 10.5 Å². The van der Waals surface area contributed by atoms with E-state index < -0.39 is 5.76 Å². The number of oxazole rings is 1. The van der Waals surface area contributed by atoms with Crippen molar-refractivity contribution in [3.63, 3.8) is 0 Å². The molecule has 18 heavy (non-hydrogen) atoms. The Bertz CT molecular complexity index is 651. The van der Waals surface area contributed by atoms with Crippen molar-refractivity contribution in [3.05, 3.63) is 46.3 Å². The fraction of sp³-hybridized carbons (Fsp3) is 0.231. The molecule has 0 aliphatic rings. The van der Waals surface area contributed by atoms with Gasteiger partial charge in [-0.15, -0.1) is 0 Å². The summed E-state index contributed by atoms with van der Waals surface area (Å²) in [6.07, 6.45) is 0. The van der Waals surface area contributed by atoms with Crippen LogP contribution in [0.2, 0.25) is 0 Å². The predicted octanol–water partition coefficient (Wildman–Crippen LogP) is 1.95. The van der Waals surface area contributed by atoms with Gasteiger partial charge >= 0.3 is 5.76 Å². The minimum Gasteiger partial charge on any atom is -0.495 e. The van der Waals surface area contributed by atoms with Gasteiger partial charge in [0.25, 0.3) is 0 Å². The molecule has 0 aliphatic carbocycles. The molecule has 0 saturated carbocycles. The van der Waals surface area contributed by atoms with Gasteiger partial charge in [0.15, 0.2) is 5.78 Å². The van der Waals surface area contributed by atoms with Crippen molar-refractivity contribution >= 4 is 5.78 Å². The molecular weight excluding hydrogens is 234 g/mol. The van der Waals surface area contributed by atoms with Gasteiger partial charge in [0.05, 0.1) is 12.8 Å². The third-order valence-corrected chi connectivity index (χ3v) is 2.64. The largest absolute Gasteiger partial charge is 0.495 e. The summed E-state index contributed by atoms with van der Waals surface area (Å²) in [6.45, 7) is 2.98. The molecule has 0 N–H and O–H groups in total. The summed E-state index contributed by atoms with van der Waals surface area (Å²) >= 11 is 0. The van der Waals surface area contributed by atoms with E-state index in [1.165, 1.54) is 18.6 Å². The Balaban J connectivity index is 2.79. The Morgan fingerprint density at radius 3 is 2.61 bits per heavy atom. The number of aromatic nitrogens is 1. The summed E-state index contributed by atoms with van der Waals surface area (Å²) in [5.74, 6) is -0.0206. The number of nitrogens with zero attached hydrogens (tertiary/aromatic N) is 1. The monoisotopic (exact) mass is 247 g/mol. The summed E-state index contributed by atoms with van der Waals surface area (Å²) in [7, 11) is 1.50. The van der Waals surface area contributed by atoms with Gasteiger partial charge in [0.1, 0.15) is 17.2 Å². The molecular formula is C13H13NO4. The average Bonchev–Trinajstić information content (AvgIpc) is 2.64. The van der Waals surface area contributed by atoms with Crippen molar-refractivity contribution in [2.75, 3.05) is 7.11 Å². The zero-order valence-electron chi connectivity index (χ0n) is 10.4. The topological polar surface area (TPSA) is 61.4 Å². The van der Waals surface area contributed by atoms with Crippen molar-refractivity contribution < 1.29 is 13.9 Å². The Morgan fingerprint density at radius 2 is 2.00 bits per heavy atom. The first kappa shape index (κ1) is 12.2. The molecule has 0 aliphatic heterocycles. The maximum atomic E-state index is 11.8. The number of hydrogen-bond acceptors (Lipinski definition) is 4. The van der Waals surface area contributed by atoms with Crippen LogP contribution in [-0.4, -0.2) is 17.5 Å². The Kier molecular flexibility index (Phi) is 3.06. The average molecular weight is 247 g/mol. The number of rotatable bonds is 3. The fourth-order valence-electron chi connectivity index (χ4n) is 1.91. The number of carbonyl (C=O) groups is 1. The summed E-state index contributed by atoms with van der Waals surface area (Å²) in [5, 5.41) is 0. The van der Waals surface area contributed by atoms with Gasteiger partial charge in [-0.3, -0.25) is 4.79 Å². The van der Waals surface area contributed by atoms with Crippen molar-refractivity contribution in [3.8, 4) is 11.4 Å². The molecule has 0 unspecified atom stereocenters. The first-order valence-corrected chi connectivity index (χ1v) is 5.43. The SMILES string of the molecule is COc1ccccc1-n1c(C(C)=O)c(C)oc1=O. The number of hydrogen-bond donors (Lipinski definition) is 0. The molecule has 5 nitrogen and oxygen atoms in total. The second-order valence-electron chi connectivity index (χ2n) is 3.84. The van der Waals surface area contributed by atoms with Gasteiger partial charge in [0.2, 0.25) is 0 Å². The first-order valence-electron chi connectivity index (χ1n) is 5.43. The van der Waals surface area contributed by atoms with Gasteiger partial charge in [-0.2, -0.15) is 0 Å². The smallest absolute Gasteiger partial charge is 0.424 e. The van der Waals surface area contributed by atoms with E-state index in [1.54, 1.807) is 31.2 Å². The number of benzene rings is 1. The van der Waals surface area contributed by atoms with E-state index in [2.05, 4.69) is 0 Å². The van der Waals surface area contributed by atoms with Crippen LogP contribution in [0.15, 0.2) is 33.5 Å². The lowest BCUT2D eigenvalue weighted by Gasteiger charge is -2.09. The predicted molar refractivity (Wildman–Crippen MR) is 65.6 cm³/mol. The zero-order chi connectivity index (χ0) is 13.3. The number of para-hydroxylation sites is 2. The summed E-state index contributed by atoms with van der Waals surface area (Å²) in [5.41, 5.74) is 0.733. The van der Waals surface area contributed by atoms with Crippen LogP contribution in [0.25, 0.3) is 5.69 Å². The molecule has 0 spiro atoms. The number of carbonyl (C=O) groups excluding carboxylic acids is 1. The number of methoxy groups -OCH3 is 1. The molecule has 1 heterocycles. The summed E-state index contributed by atoms with van der Waals surface area (Å²) in [6, 6.07) is 6.96. The number of aryl methyl sites for hydroxylation is 1. The number of ether oxygens (including phenoxy) is 1. The Morgan fingerprint density at radius 1 is 1.33 bits per heavy atom. The number of ketones is 1. The lowest BCUT2D eigenvalue weighted by molar-refractivity contribution is 0.101.